The van der Waals surface area contributed by atoms with Gasteiger partial charge in [0.05, 0.1) is 33.9 Å². The van der Waals surface area contributed by atoms with Gasteiger partial charge in [-0.05, 0) is 23.6 Å². The molecule has 0 atom stereocenters. The lowest BCUT2D eigenvalue weighted by Crippen LogP contribution is -2.24. The Kier molecular flexibility index (Phi) is 6.56. The predicted molar refractivity (Wildman–Crippen MR) is 110 cm³/mol. The second-order valence-corrected chi connectivity index (χ2v) is 7.73. The van der Waals surface area contributed by atoms with E-state index in [0.29, 0.717) is 15.2 Å². The average Bonchev–Trinajstić information content (AvgIpc) is 3.12. The number of halogens is 3. The average molecular weight is 461 g/mol. The lowest BCUT2D eigenvalue weighted by Gasteiger charge is -2.10. The van der Waals surface area contributed by atoms with Crippen LogP contribution in [-0.4, -0.2) is 28.0 Å². The van der Waals surface area contributed by atoms with Crippen LogP contribution >= 0.6 is 46.1 Å². The van der Waals surface area contributed by atoms with Crippen LogP contribution in [-0.2, 0) is 20.9 Å². The third kappa shape index (κ3) is 4.82. The second kappa shape index (κ2) is 8.91. The number of aromatic nitrogens is 2. The summed E-state index contributed by atoms with van der Waals surface area (Å²) >= 11 is 19.1. The predicted octanol–water partition coefficient (Wildman–Crippen LogP) is 3.99. The molecular formula is C17H12Cl3N3O4S. The number of carbonyl (C=O) groups excluding carboxylic acids is 2. The molecule has 7 nitrogen and oxygen atoms in total. The van der Waals surface area contributed by atoms with Crippen molar-refractivity contribution in [3.8, 4) is 0 Å². The molecule has 1 amide bonds. The van der Waals surface area contributed by atoms with Gasteiger partial charge in [0.2, 0.25) is 0 Å². The van der Waals surface area contributed by atoms with E-state index in [4.69, 9.17) is 39.5 Å². The molecule has 0 unspecified atom stereocenters. The number of hydrogen-bond acceptors (Lipinski definition) is 6. The van der Waals surface area contributed by atoms with Crippen LogP contribution in [0.1, 0.15) is 6.42 Å². The van der Waals surface area contributed by atoms with Crippen LogP contribution in [0.25, 0.3) is 10.2 Å². The van der Waals surface area contributed by atoms with Gasteiger partial charge in [-0.15, -0.1) is 11.3 Å². The van der Waals surface area contributed by atoms with E-state index in [1.165, 1.54) is 34.4 Å². The number of fused-ring (bicyclic) bond motifs is 1. The molecule has 1 N–H and O–H groups in total. The highest BCUT2D eigenvalue weighted by Gasteiger charge is 2.14. The van der Waals surface area contributed by atoms with Gasteiger partial charge in [-0.1, -0.05) is 34.8 Å². The summed E-state index contributed by atoms with van der Waals surface area (Å²) in [5.41, 5.74) is -0.0562. The number of carbonyl (C=O) groups is 2. The zero-order valence-electron chi connectivity index (χ0n) is 14.1. The van der Waals surface area contributed by atoms with E-state index in [1.807, 2.05) is 0 Å². The quantitative estimate of drug-likeness (QED) is 0.562. The normalized spacial score (nSPS) is 10.8. The maximum Gasteiger partial charge on any atom is 0.308 e. The summed E-state index contributed by atoms with van der Waals surface area (Å²) in [6.07, 6.45) is 1.29. The number of amides is 1. The van der Waals surface area contributed by atoms with Gasteiger partial charge in [-0.2, -0.15) is 0 Å². The van der Waals surface area contributed by atoms with Crippen LogP contribution in [0.15, 0.2) is 34.7 Å². The Hall–Kier alpha value is -2.13. The Bertz CT molecular complexity index is 1090. The highest BCUT2D eigenvalue weighted by molar-refractivity contribution is 7.16. The highest BCUT2D eigenvalue weighted by Crippen LogP contribution is 2.33. The summed E-state index contributed by atoms with van der Waals surface area (Å²) in [7, 11) is 0. The Labute approximate surface area is 177 Å². The van der Waals surface area contributed by atoms with E-state index >= 15 is 0 Å². The van der Waals surface area contributed by atoms with Gasteiger partial charge in [0.1, 0.15) is 4.83 Å². The van der Waals surface area contributed by atoms with E-state index in [0.717, 1.165) is 0 Å². The SMILES string of the molecule is O=C(COC(=O)CCn1cnc2sccc2c1=O)Nc1c(Cl)cc(Cl)cc1Cl. The molecule has 0 saturated heterocycles. The number of ether oxygens (including phenoxy) is 1. The molecule has 0 saturated carbocycles. The number of hydrogen-bond donors (Lipinski definition) is 1. The summed E-state index contributed by atoms with van der Waals surface area (Å²) in [5, 5.41) is 5.37. The van der Waals surface area contributed by atoms with Crippen molar-refractivity contribution in [2.75, 3.05) is 11.9 Å². The molecule has 1 aromatic carbocycles. The minimum Gasteiger partial charge on any atom is -0.456 e. The van der Waals surface area contributed by atoms with Crippen molar-refractivity contribution in [3.05, 3.63) is 55.3 Å². The molecule has 0 aliphatic rings. The van der Waals surface area contributed by atoms with Crippen LogP contribution in [0.3, 0.4) is 0 Å². The number of rotatable bonds is 6. The van der Waals surface area contributed by atoms with Crippen molar-refractivity contribution in [2.24, 2.45) is 0 Å². The van der Waals surface area contributed by atoms with Gasteiger partial charge in [0, 0.05) is 11.6 Å². The number of benzene rings is 1. The summed E-state index contributed by atoms with van der Waals surface area (Å²) in [5.74, 6) is -1.25. The third-order valence-electron chi connectivity index (χ3n) is 3.64. The molecule has 3 rings (SSSR count). The Balaban J connectivity index is 1.52. The number of esters is 1. The number of nitrogens with one attached hydrogen (secondary N) is 1. The van der Waals surface area contributed by atoms with E-state index in [-0.39, 0.29) is 34.3 Å². The molecule has 3 aromatic rings. The van der Waals surface area contributed by atoms with E-state index in [1.54, 1.807) is 11.4 Å². The Morgan fingerprint density at radius 2 is 1.93 bits per heavy atom. The van der Waals surface area contributed by atoms with Crippen LogP contribution < -0.4 is 10.9 Å². The fourth-order valence-corrected chi connectivity index (χ4v) is 3.95. The molecule has 146 valence electrons. The van der Waals surface area contributed by atoms with Gasteiger partial charge < -0.3 is 10.1 Å². The summed E-state index contributed by atoms with van der Waals surface area (Å²) < 4.78 is 6.24. The highest BCUT2D eigenvalue weighted by atomic mass is 35.5. The molecule has 11 heteroatoms. The number of thiophene rings is 1. The van der Waals surface area contributed by atoms with Gasteiger partial charge in [-0.3, -0.25) is 19.0 Å². The monoisotopic (exact) mass is 459 g/mol. The summed E-state index contributed by atoms with van der Waals surface area (Å²) in [4.78, 5) is 40.9. The molecule has 0 radical (unpaired) electrons. The largest absolute Gasteiger partial charge is 0.456 e. The smallest absolute Gasteiger partial charge is 0.308 e. The first-order valence-electron chi connectivity index (χ1n) is 7.88. The molecule has 0 spiro atoms. The van der Waals surface area contributed by atoms with Crippen molar-refractivity contribution in [1.29, 1.82) is 0 Å². The van der Waals surface area contributed by atoms with Crippen molar-refractivity contribution < 1.29 is 14.3 Å². The van der Waals surface area contributed by atoms with Crippen molar-refractivity contribution in [3.63, 3.8) is 0 Å². The number of anilines is 1. The second-order valence-electron chi connectivity index (χ2n) is 5.59. The zero-order valence-corrected chi connectivity index (χ0v) is 17.2. The van der Waals surface area contributed by atoms with Gasteiger partial charge >= 0.3 is 5.97 Å². The Morgan fingerprint density at radius 1 is 1.21 bits per heavy atom. The summed E-state index contributed by atoms with van der Waals surface area (Å²) in [6.45, 7) is -0.433. The maximum atomic E-state index is 12.2. The number of nitrogens with zero attached hydrogens (tertiary/aromatic N) is 2. The maximum absolute atomic E-state index is 12.2. The standard InChI is InChI=1S/C17H12Cl3N3O4S/c18-9-5-11(19)15(12(20)6-9)22-13(24)7-27-14(25)1-3-23-8-21-16-10(17(23)26)2-4-28-16/h2,4-6,8H,1,3,7H2,(H,22,24). The molecule has 2 aromatic heterocycles. The lowest BCUT2D eigenvalue weighted by molar-refractivity contribution is -0.147. The van der Waals surface area contributed by atoms with Gasteiger partial charge in [0.15, 0.2) is 6.61 Å². The van der Waals surface area contributed by atoms with Crippen LogP contribution in [0.4, 0.5) is 5.69 Å². The fourth-order valence-electron chi connectivity index (χ4n) is 2.32. The molecule has 0 fully saturated rings. The van der Waals surface area contributed by atoms with E-state index in [9.17, 15) is 14.4 Å². The zero-order chi connectivity index (χ0) is 20.3. The van der Waals surface area contributed by atoms with Gasteiger partial charge in [-0.25, -0.2) is 4.98 Å². The minimum absolute atomic E-state index is 0.0902. The van der Waals surface area contributed by atoms with Crippen LogP contribution in [0, 0.1) is 0 Å². The van der Waals surface area contributed by atoms with Crippen molar-refractivity contribution in [2.45, 2.75) is 13.0 Å². The molecular weight excluding hydrogens is 449 g/mol. The molecule has 2 heterocycles. The molecule has 0 aliphatic carbocycles. The molecule has 0 bridgehead atoms. The van der Waals surface area contributed by atoms with Crippen LogP contribution in [0.5, 0.6) is 0 Å². The molecule has 28 heavy (non-hydrogen) atoms. The minimum atomic E-state index is -0.638. The van der Waals surface area contributed by atoms with Crippen molar-refractivity contribution >= 4 is 73.9 Å². The van der Waals surface area contributed by atoms with Crippen molar-refractivity contribution in [1.82, 2.24) is 9.55 Å². The summed E-state index contributed by atoms with van der Waals surface area (Å²) in [6, 6.07) is 4.53. The lowest BCUT2D eigenvalue weighted by atomic mass is 10.3. The third-order valence-corrected chi connectivity index (χ3v) is 5.28. The van der Waals surface area contributed by atoms with E-state index in [2.05, 4.69) is 10.3 Å². The molecule has 0 aliphatic heterocycles. The van der Waals surface area contributed by atoms with Crippen LogP contribution in [0.2, 0.25) is 15.1 Å². The number of aryl methyl sites for hydroxylation is 1. The first-order valence-corrected chi connectivity index (χ1v) is 9.89. The Morgan fingerprint density at radius 3 is 2.64 bits per heavy atom. The van der Waals surface area contributed by atoms with Gasteiger partial charge in [0.25, 0.3) is 11.5 Å². The van der Waals surface area contributed by atoms with E-state index < -0.39 is 18.5 Å². The first-order chi connectivity index (χ1) is 13.3. The topological polar surface area (TPSA) is 90.3 Å². The first kappa shape index (κ1) is 20.6. The fraction of sp³-hybridized carbons (Fsp3) is 0.176.